The second kappa shape index (κ2) is 7.19. The van der Waals surface area contributed by atoms with Gasteiger partial charge in [-0.15, -0.1) is 0 Å². The maximum absolute atomic E-state index is 12.3. The molecule has 0 unspecified atom stereocenters. The zero-order chi connectivity index (χ0) is 15.1. The standard InChI is InChI=1S/C13H11F2NO4/c1-2-19-11(18)5-8-3-4-9(7-17)12(10(8)6-16)20-13(14)15/h3-4,7,13H,2,5H2,1H3. The van der Waals surface area contributed by atoms with Crippen LogP contribution in [0.2, 0.25) is 0 Å². The van der Waals surface area contributed by atoms with E-state index >= 15 is 0 Å². The van der Waals surface area contributed by atoms with Crippen LogP contribution in [-0.2, 0) is 16.0 Å². The van der Waals surface area contributed by atoms with Crippen molar-refractivity contribution < 1.29 is 27.8 Å². The van der Waals surface area contributed by atoms with Gasteiger partial charge >= 0.3 is 12.6 Å². The number of carbonyl (C=O) groups excluding carboxylic acids is 2. The van der Waals surface area contributed by atoms with Gasteiger partial charge in [-0.3, -0.25) is 9.59 Å². The molecule has 0 amide bonds. The summed E-state index contributed by atoms with van der Waals surface area (Å²) in [7, 11) is 0. The Bertz CT molecular complexity index is 552. The number of rotatable bonds is 6. The second-order valence-electron chi connectivity index (χ2n) is 3.61. The molecule has 0 saturated carbocycles. The number of carbonyl (C=O) groups is 2. The van der Waals surface area contributed by atoms with Crippen molar-refractivity contribution in [3.8, 4) is 11.8 Å². The number of benzene rings is 1. The summed E-state index contributed by atoms with van der Waals surface area (Å²) in [6.07, 6.45) is 0.0299. The van der Waals surface area contributed by atoms with Crippen LogP contribution in [0.15, 0.2) is 12.1 Å². The lowest BCUT2D eigenvalue weighted by Crippen LogP contribution is -2.12. The molecule has 0 aliphatic carbocycles. The fourth-order valence-corrected chi connectivity index (χ4v) is 1.59. The molecule has 0 fully saturated rings. The van der Waals surface area contributed by atoms with Gasteiger partial charge in [-0.1, -0.05) is 6.07 Å². The van der Waals surface area contributed by atoms with Crippen molar-refractivity contribution >= 4 is 12.3 Å². The number of nitriles is 1. The summed E-state index contributed by atoms with van der Waals surface area (Å²) in [5, 5.41) is 9.03. The van der Waals surface area contributed by atoms with Gasteiger partial charge in [0.25, 0.3) is 0 Å². The third-order valence-electron chi connectivity index (χ3n) is 2.36. The van der Waals surface area contributed by atoms with Crippen molar-refractivity contribution in [2.75, 3.05) is 6.61 Å². The molecule has 106 valence electrons. The number of hydrogen-bond donors (Lipinski definition) is 0. The minimum Gasteiger partial charge on any atom is -0.466 e. The predicted molar refractivity (Wildman–Crippen MR) is 63.5 cm³/mol. The van der Waals surface area contributed by atoms with Crippen LogP contribution in [0.3, 0.4) is 0 Å². The van der Waals surface area contributed by atoms with E-state index < -0.39 is 18.3 Å². The number of hydrogen-bond acceptors (Lipinski definition) is 5. The van der Waals surface area contributed by atoms with Crippen LogP contribution >= 0.6 is 0 Å². The first-order valence-electron chi connectivity index (χ1n) is 5.65. The molecule has 0 bridgehead atoms. The Morgan fingerprint density at radius 3 is 2.70 bits per heavy atom. The third kappa shape index (κ3) is 3.75. The Morgan fingerprint density at radius 2 is 2.20 bits per heavy atom. The molecule has 1 aromatic carbocycles. The second-order valence-corrected chi connectivity index (χ2v) is 3.61. The van der Waals surface area contributed by atoms with E-state index in [2.05, 4.69) is 4.74 Å². The molecule has 0 aromatic heterocycles. The van der Waals surface area contributed by atoms with E-state index in [1.807, 2.05) is 0 Å². The number of aldehydes is 1. The Hall–Kier alpha value is -2.49. The highest BCUT2D eigenvalue weighted by molar-refractivity contribution is 5.83. The number of nitrogens with zero attached hydrogens (tertiary/aromatic N) is 1. The zero-order valence-corrected chi connectivity index (χ0v) is 10.6. The maximum atomic E-state index is 12.3. The van der Waals surface area contributed by atoms with Crippen LogP contribution in [0.5, 0.6) is 5.75 Å². The predicted octanol–water partition coefficient (Wildman–Crippen LogP) is 2.08. The molecule has 1 aromatic rings. The molecule has 0 radical (unpaired) electrons. The van der Waals surface area contributed by atoms with E-state index in [1.54, 1.807) is 13.0 Å². The minimum absolute atomic E-state index is 0.159. The molecule has 0 atom stereocenters. The SMILES string of the molecule is CCOC(=O)Cc1ccc(C=O)c(OC(F)F)c1C#N. The number of alkyl halides is 2. The average molecular weight is 283 g/mol. The fourth-order valence-electron chi connectivity index (χ4n) is 1.59. The van der Waals surface area contributed by atoms with Crippen molar-refractivity contribution in [3.63, 3.8) is 0 Å². The molecular weight excluding hydrogens is 272 g/mol. The van der Waals surface area contributed by atoms with E-state index in [-0.39, 0.29) is 29.7 Å². The van der Waals surface area contributed by atoms with Gasteiger partial charge < -0.3 is 9.47 Å². The zero-order valence-electron chi connectivity index (χ0n) is 10.6. The summed E-state index contributed by atoms with van der Waals surface area (Å²) in [4.78, 5) is 22.2. The van der Waals surface area contributed by atoms with E-state index in [0.29, 0.717) is 6.29 Å². The van der Waals surface area contributed by atoms with Crippen LogP contribution in [0, 0.1) is 11.3 Å². The van der Waals surface area contributed by atoms with Crippen LogP contribution in [0.4, 0.5) is 8.78 Å². The lowest BCUT2D eigenvalue weighted by Gasteiger charge is -2.12. The fraction of sp³-hybridized carbons (Fsp3) is 0.308. The highest BCUT2D eigenvalue weighted by Crippen LogP contribution is 2.28. The van der Waals surface area contributed by atoms with E-state index in [9.17, 15) is 18.4 Å². The van der Waals surface area contributed by atoms with Crippen molar-refractivity contribution in [3.05, 3.63) is 28.8 Å². The van der Waals surface area contributed by atoms with Gasteiger partial charge in [0.1, 0.15) is 6.07 Å². The molecule has 5 nitrogen and oxygen atoms in total. The van der Waals surface area contributed by atoms with Crippen LogP contribution in [0.25, 0.3) is 0 Å². The molecule has 0 saturated heterocycles. The van der Waals surface area contributed by atoms with E-state index in [4.69, 9.17) is 10.00 Å². The highest BCUT2D eigenvalue weighted by atomic mass is 19.3. The largest absolute Gasteiger partial charge is 0.466 e. The van der Waals surface area contributed by atoms with Gasteiger partial charge in [0, 0.05) is 0 Å². The highest BCUT2D eigenvalue weighted by Gasteiger charge is 2.19. The van der Waals surface area contributed by atoms with Gasteiger partial charge in [-0.2, -0.15) is 14.0 Å². The van der Waals surface area contributed by atoms with Crippen molar-refractivity contribution in [1.82, 2.24) is 0 Å². The first-order valence-corrected chi connectivity index (χ1v) is 5.65. The molecule has 0 N–H and O–H groups in total. The smallest absolute Gasteiger partial charge is 0.387 e. The van der Waals surface area contributed by atoms with E-state index in [1.165, 1.54) is 12.1 Å². The average Bonchev–Trinajstić information content (AvgIpc) is 2.39. The monoisotopic (exact) mass is 283 g/mol. The van der Waals surface area contributed by atoms with Gasteiger partial charge in [-0.25, -0.2) is 0 Å². The Labute approximate surface area is 113 Å². The van der Waals surface area contributed by atoms with Crippen molar-refractivity contribution in [2.24, 2.45) is 0 Å². The summed E-state index contributed by atoms with van der Waals surface area (Å²) in [6, 6.07) is 4.21. The Kier molecular flexibility index (Phi) is 5.59. The number of ether oxygens (including phenoxy) is 2. The summed E-state index contributed by atoms with van der Waals surface area (Å²) in [6.45, 7) is -1.41. The number of esters is 1. The summed E-state index contributed by atoms with van der Waals surface area (Å²) in [5.41, 5.74) is -0.301. The topological polar surface area (TPSA) is 76.4 Å². The van der Waals surface area contributed by atoms with Gasteiger partial charge in [0.2, 0.25) is 0 Å². The van der Waals surface area contributed by atoms with Gasteiger partial charge in [0.05, 0.1) is 24.2 Å². The quantitative estimate of drug-likeness (QED) is 0.590. The summed E-state index contributed by atoms with van der Waals surface area (Å²) in [5.74, 6) is -1.13. The maximum Gasteiger partial charge on any atom is 0.387 e. The molecule has 1 rings (SSSR count). The van der Waals surface area contributed by atoms with Gasteiger partial charge in [0.15, 0.2) is 12.0 Å². The molecule has 0 aliphatic heterocycles. The first-order chi connectivity index (χ1) is 9.53. The normalized spacial score (nSPS) is 9.95. The first kappa shape index (κ1) is 15.6. The minimum atomic E-state index is -3.18. The van der Waals surface area contributed by atoms with Gasteiger partial charge in [-0.05, 0) is 18.6 Å². The van der Waals surface area contributed by atoms with E-state index in [0.717, 1.165) is 0 Å². The summed E-state index contributed by atoms with van der Waals surface area (Å²) >= 11 is 0. The molecule has 0 heterocycles. The van der Waals surface area contributed by atoms with Crippen LogP contribution < -0.4 is 4.74 Å². The lowest BCUT2D eigenvalue weighted by molar-refractivity contribution is -0.142. The van der Waals surface area contributed by atoms with Crippen molar-refractivity contribution in [1.29, 1.82) is 5.26 Å². The lowest BCUT2D eigenvalue weighted by atomic mass is 10.0. The van der Waals surface area contributed by atoms with Crippen LogP contribution in [0.1, 0.15) is 28.4 Å². The Balaban J connectivity index is 3.23. The molecule has 0 spiro atoms. The van der Waals surface area contributed by atoms with Crippen LogP contribution in [-0.4, -0.2) is 25.5 Å². The van der Waals surface area contributed by atoms with Crippen molar-refractivity contribution in [2.45, 2.75) is 20.0 Å². The summed E-state index contributed by atoms with van der Waals surface area (Å²) < 4.78 is 33.6. The number of halogens is 2. The molecular formula is C13H11F2NO4. The Morgan fingerprint density at radius 1 is 1.50 bits per heavy atom. The third-order valence-corrected chi connectivity index (χ3v) is 2.36. The molecule has 0 aliphatic rings. The molecule has 7 heteroatoms. The molecule has 20 heavy (non-hydrogen) atoms.